The minimum Gasteiger partial charge on any atom is -0.457 e. The van der Waals surface area contributed by atoms with Gasteiger partial charge in [0.25, 0.3) is 0 Å². The third-order valence-corrected chi connectivity index (χ3v) is 9.19. The first-order chi connectivity index (χ1) is 23.7. The Balaban J connectivity index is 3.43. The van der Waals surface area contributed by atoms with Crippen LogP contribution < -0.4 is 0 Å². The van der Waals surface area contributed by atoms with Crippen LogP contribution in [0, 0.1) is 0 Å². The highest BCUT2D eigenvalue weighted by Gasteiger charge is 2.13. The Labute approximate surface area is 300 Å². The van der Waals surface area contributed by atoms with E-state index < -0.39 is 6.10 Å². The molecule has 1 atom stereocenters. The van der Waals surface area contributed by atoms with Gasteiger partial charge in [-0.3, -0.25) is 4.79 Å². The molecule has 0 aromatic rings. The van der Waals surface area contributed by atoms with E-state index in [0.717, 1.165) is 25.7 Å². The summed E-state index contributed by atoms with van der Waals surface area (Å²) in [6.07, 6.45) is 52.0. The summed E-state index contributed by atoms with van der Waals surface area (Å²) in [5, 5.41) is 9.59. The first kappa shape index (κ1) is 46.6. The van der Waals surface area contributed by atoms with Crippen LogP contribution in [0.3, 0.4) is 0 Å². The topological polar surface area (TPSA) is 55.8 Å². The van der Waals surface area contributed by atoms with Gasteiger partial charge in [0.2, 0.25) is 0 Å². The number of aliphatic hydroxyl groups is 1. The second-order valence-corrected chi connectivity index (χ2v) is 14.1. The van der Waals surface area contributed by atoms with E-state index in [0.29, 0.717) is 13.0 Å². The molecular weight excluding hydrogens is 592 g/mol. The molecule has 0 fully saturated rings. The molecule has 0 amide bonds. The standard InChI is InChI=1S/C44H82O4/c1-3-5-7-9-11-13-15-17-19-20-21-22-23-24-25-27-29-31-33-35-37-39-44(46)48-43(41-45)42-47-40-38-36-34-32-30-28-26-18-16-14-12-10-8-6-4-2/h10,12,16,18,20-21,43,45H,3-9,11,13-15,17,19,22-42H2,1-2H3/b12-10-,18-16-,21-20-. The lowest BCUT2D eigenvalue weighted by atomic mass is 10.1. The van der Waals surface area contributed by atoms with Crippen LogP contribution in [0.15, 0.2) is 36.5 Å². The molecule has 282 valence electrons. The Morgan fingerprint density at radius 3 is 1.38 bits per heavy atom. The summed E-state index contributed by atoms with van der Waals surface area (Å²) in [7, 11) is 0. The number of aliphatic hydroxyl groups excluding tert-OH is 1. The lowest BCUT2D eigenvalue weighted by Gasteiger charge is -2.15. The van der Waals surface area contributed by atoms with Gasteiger partial charge in [0.05, 0.1) is 13.2 Å². The van der Waals surface area contributed by atoms with E-state index in [-0.39, 0.29) is 19.2 Å². The van der Waals surface area contributed by atoms with E-state index in [1.807, 2.05) is 0 Å². The van der Waals surface area contributed by atoms with Gasteiger partial charge in [-0.15, -0.1) is 0 Å². The maximum Gasteiger partial charge on any atom is 0.306 e. The van der Waals surface area contributed by atoms with E-state index in [1.165, 1.54) is 167 Å². The number of carbonyl (C=O) groups is 1. The number of allylic oxidation sites excluding steroid dienone is 6. The molecule has 0 radical (unpaired) electrons. The highest BCUT2D eigenvalue weighted by molar-refractivity contribution is 5.69. The summed E-state index contributed by atoms with van der Waals surface area (Å²) in [5.74, 6) is -0.206. The monoisotopic (exact) mass is 675 g/mol. The van der Waals surface area contributed by atoms with Crippen molar-refractivity contribution in [3.8, 4) is 0 Å². The van der Waals surface area contributed by atoms with Crippen LogP contribution >= 0.6 is 0 Å². The smallest absolute Gasteiger partial charge is 0.306 e. The molecule has 1 N–H and O–H groups in total. The normalized spacial score (nSPS) is 12.6. The predicted octanol–water partition coefficient (Wildman–Crippen LogP) is 13.7. The van der Waals surface area contributed by atoms with Crippen molar-refractivity contribution in [2.24, 2.45) is 0 Å². The van der Waals surface area contributed by atoms with Gasteiger partial charge in [-0.25, -0.2) is 0 Å². The van der Waals surface area contributed by atoms with E-state index in [4.69, 9.17) is 9.47 Å². The van der Waals surface area contributed by atoms with Crippen molar-refractivity contribution in [1.82, 2.24) is 0 Å². The zero-order chi connectivity index (χ0) is 34.9. The van der Waals surface area contributed by atoms with Crippen LogP contribution in [0.5, 0.6) is 0 Å². The Morgan fingerprint density at radius 1 is 0.500 bits per heavy atom. The lowest BCUT2D eigenvalue weighted by molar-refractivity contribution is -0.154. The van der Waals surface area contributed by atoms with Crippen molar-refractivity contribution >= 4 is 5.97 Å². The van der Waals surface area contributed by atoms with Gasteiger partial charge >= 0.3 is 5.97 Å². The highest BCUT2D eigenvalue weighted by Crippen LogP contribution is 2.14. The molecule has 0 heterocycles. The molecule has 0 bridgehead atoms. The third kappa shape index (κ3) is 39.1. The van der Waals surface area contributed by atoms with Gasteiger partial charge < -0.3 is 14.6 Å². The second kappa shape index (κ2) is 41.8. The minimum atomic E-state index is -0.539. The van der Waals surface area contributed by atoms with Crippen molar-refractivity contribution in [3.63, 3.8) is 0 Å². The summed E-state index contributed by atoms with van der Waals surface area (Å²) in [6, 6.07) is 0. The van der Waals surface area contributed by atoms with Crippen LogP contribution in [0.1, 0.15) is 213 Å². The first-order valence-electron chi connectivity index (χ1n) is 21.1. The quantitative estimate of drug-likeness (QED) is 0.0400. The van der Waals surface area contributed by atoms with Gasteiger partial charge in [0, 0.05) is 13.0 Å². The number of unbranched alkanes of at least 4 members (excludes halogenated alkanes) is 25. The number of hydrogen-bond donors (Lipinski definition) is 1. The minimum absolute atomic E-state index is 0.176. The van der Waals surface area contributed by atoms with Crippen LogP contribution in [-0.2, 0) is 14.3 Å². The molecule has 4 nitrogen and oxygen atoms in total. The average molecular weight is 675 g/mol. The third-order valence-electron chi connectivity index (χ3n) is 9.19. The van der Waals surface area contributed by atoms with Gasteiger partial charge in [-0.2, -0.15) is 0 Å². The number of rotatable bonds is 39. The molecule has 0 aliphatic carbocycles. The van der Waals surface area contributed by atoms with Crippen LogP contribution in [0.25, 0.3) is 0 Å². The summed E-state index contributed by atoms with van der Waals surface area (Å²) < 4.78 is 11.1. The summed E-state index contributed by atoms with van der Waals surface area (Å²) in [4.78, 5) is 12.2. The van der Waals surface area contributed by atoms with Gasteiger partial charge in [-0.1, -0.05) is 179 Å². The second-order valence-electron chi connectivity index (χ2n) is 14.1. The van der Waals surface area contributed by atoms with Crippen molar-refractivity contribution in [1.29, 1.82) is 0 Å². The number of esters is 1. The Morgan fingerprint density at radius 2 is 0.896 bits per heavy atom. The lowest BCUT2D eigenvalue weighted by Crippen LogP contribution is -2.27. The summed E-state index contributed by atoms with van der Waals surface area (Å²) >= 11 is 0. The SMILES string of the molecule is CCCC/C=C\C/C=C\CCCCCCCCOCC(CO)OC(=O)CCCCCCCCCCC/C=C\CCCCCCCCCC. The first-order valence-corrected chi connectivity index (χ1v) is 21.1. The molecule has 0 aliphatic rings. The van der Waals surface area contributed by atoms with E-state index in [2.05, 4.69) is 50.3 Å². The van der Waals surface area contributed by atoms with Crippen molar-refractivity contribution in [3.05, 3.63) is 36.5 Å². The number of ether oxygens (including phenoxy) is 2. The predicted molar refractivity (Wildman–Crippen MR) is 210 cm³/mol. The fourth-order valence-corrected chi connectivity index (χ4v) is 5.99. The van der Waals surface area contributed by atoms with E-state index in [1.54, 1.807) is 0 Å². The molecule has 4 heteroatoms. The molecule has 0 rings (SSSR count). The van der Waals surface area contributed by atoms with Crippen molar-refractivity contribution in [2.45, 2.75) is 219 Å². The van der Waals surface area contributed by atoms with E-state index in [9.17, 15) is 9.90 Å². The summed E-state index contributed by atoms with van der Waals surface area (Å²) in [6.45, 7) is 5.30. The van der Waals surface area contributed by atoms with Crippen LogP contribution in [-0.4, -0.2) is 37.0 Å². The van der Waals surface area contributed by atoms with Crippen molar-refractivity contribution in [2.75, 3.05) is 19.8 Å². The van der Waals surface area contributed by atoms with Crippen LogP contribution in [0.2, 0.25) is 0 Å². The molecule has 0 aliphatic heterocycles. The molecule has 0 aromatic carbocycles. The van der Waals surface area contributed by atoms with Gasteiger partial charge in [0.1, 0.15) is 6.10 Å². The Bertz CT molecular complexity index is 713. The molecule has 0 saturated carbocycles. The molecule has 1 unspecified atom stereocenters. The molecule has 0 aromatic heterocycles. The molecule has 0 saturated heterocycles. The maximum atomic E-state index is 12.2. The van der Waals surface area contributed by atoms with Gasteiger partial charge in [0.15, 0.2) is 0 Å². The molecule has 0 spiro atoms. The Hall–Kier alpha value is -1.39. The average Bonchev–Trinajstić information content (AvgIpc) is 3.09. The fraction of sp³-hybridized carbons (Fsp3) is 0.841. The van der Waals surface area contributed by atoms with Crippen molar-refractivity contribution < 1.29 is 19.4 Å². The van der Waals surface area contributed by atoms with Crippen LogP contribution in [0.4, 0.5) is 0 Å². The fourth-order valence-electron chi connectivity index (χ4n) is 5.99. The maximum absolute atomic E-state index is 12.2. The van der Waals surface area contributed by atoms with E-state index >= 15 is 0 Å². The highest BCUT2D eigenvalue weighted by atomic mass is 16.6. The van der Waals surface area contributed by atoms with Gasteiger partial charge in [-0.05, 0) is 64.2 Å². The number of hydrogen-bond acceptors (Lipinski definition) is 4. The largest absolute Gasteiger partial charge is 0.457 e. The molecular formula is C44H82O4. The zero-order valence-corrected chi connectivity index (χ0v) is 32.3. The number of carbonyl (C=O) groups excluding carboxylic acids is 1. The summed E-state index contributed by atoms with van der Waals surface area (Å²) in [5.41, 5.74) is 0. The Kier molecular flexibility index (Phi) is 40.6. The zero-order valence-electron chi connectivity index (χ0n) is 32.3. The molecule has 48 heavy (non-hydrogen) atoms.